The number of nitrogens with zero attached hydrogens (tertiary/aromatic N) is 4. The summed E-state index contributed by atoms with van der Waals surface area (Å²) in [5, 5.41) is 12.6. The van der Waals surface area contributed by atoms with Crippen LogP contribution in [0.5, 0.6) is 5.75 Å². The number of rotatable bonds is 11. The quantitative estimate of drug-likeness (QED) is 0.243. The summed E-state index contributed by atoms with van der Waals surface area (Å²) in [5.74, 6) is -3.14. The SMILES string of the molecule is Cc1nnc(C(=O)NC(C)(C)c2nc(C(=O)NCc3ccc(F)cc3)c(OC(OC(=O)OC(C)C)C(C)C)c(=O)n2C)o1. The molecule has 2 amide bonds. The summed E-state index contributed by atoms with van der Waals surface area (Å²) in [4.78, 5) is 56.7. The van der Waals surface area contributed by atoms with E-state index in [-0.39, 0.29) is 24.2 Å². The highest BCUT2D eigenvalue weighted by Gasteiger charge is 2.35. The Labute approximate surface area is 246 Å². The maximum Gasteiger partial charge on any atom is 0.511 e. The fraction of sp³-hybridized carbons (Fsp3) is 0.464. The average Bonchev–Trinajstić information content (AvgIpc) is 3.36. The van der Waals surface area contributed by atoms with Gasteiger partial charge in [-0.1, -0.05) is 26.0 Å². The molecule has 0 aliphatic carbocycles. The molecule has 1 atom stereocenters. The van der Waals surface area contributed by atoms with Gasteiger partial charge in [0.05, 0.1) is 11.6 Å². The van der Waals surface area contributed by atoms with E-state index in [2.05, 4.69) is 25.8 Å². The van der Waals surface area contributed by atoms with Gasteiger partial charge in [0, 0.05) is 26.4 Å². The third kappa shape index (κ3) is 8.36. The van der Waals surface area contributed by atoms with Crippen LogP contribution in [-0.2, 0) is 28.6 Å². The van der Waals surface area contributed by atoms with E-state index in [1.165, 1.54) is 38.2 Å². The summed E-state index contributed by atoms with van der Waals surface area (Å²) in [6, 6.07) is 5.44. The summed E-state index contributed by atoms with van der Waals surface area (Å²) in [7, 11) is 1.38. The number of ether oxygens (including phenoxy) is 3. The first-order valence-corrected chi connectivity index (χ1v) is 13.4. The summed E-state index contributed by atoms with van der Waals surface area (Å²) in [6.07, 6.45) is -2.84. The largest absolute Gasteiger partial charge is 0.511 e. The minimum absolute atomic E-state index is 0.0254. The van der Waals surface area contributed by atoms with Crippen LogP contribution in [0.4, 0.5) is 9.18 Å². The fourth-order valence-corrected chi connectivity index (χ4v) is 3.78. The van der Waals surface area contributed by atoms with Crippen molar-refractivity contribution in [3.05, 3.63) is 69.3 Å². The van der Waals surface area contributed by atoms with Crippen LogP contribution in [0.1, 0.15) is 80.0 Å². The molecular formula is C28H35FN6O8. The molecule has 43 heavy (non-hydrogen) atoms. The van der Waals surface area contributed by atoms with Gasteiger partial charge in [0.2, 0.25) is 11.6 Å². The van der Waals surface area contributed by atoms with E-state index in [1.54, 1.807) is 41.5 Å². The molecule has 0 bridgehead atoms. The van der Waals surface area contributed by atoms with E-state index < -0.39 is 64.6 Å². The maximum absolute atomic E-state index is 13.7. The Morgan fingerprint density at radius 3 is 2.26 bits per heavy atom. The Hall–Kier alpha value is -4.82. The van der Waals surface area contributed by atoms with Crippen molar-refractivity contribution in [1.82, 2.24) is 30.4 Å². The van der Waals surface area contributed by atoms with Gasteiger partial charge in [0.1, 0.15) is 11.6 Å². The summed E-state index contributed by atoms with van der Waals surface area (Å²) < 4.78 is 35.8. The molecule has 2 N–H and O–H groups in total. The molecule has 2 aromatic heterocycles. The molecule has 0 radical (unpaired) electrons. The molecule has 3 aromatic rings. The Bertz CT molecular complexity index is 1530. The average molecular weight is 603 g/mol. The molecule has 15 heteroatoms. The van der Waals surface area contributed by atoms with Crippen LogP contribution >= 0.6 is 0 Å². The zero-order valence-corrected chi connectivity index (χ0v) is 25.2. The van der Waals surface area contributed by atoms with Crippen molar-refractivity contribution < 1.29 is 37.4 Å². The predicted octanol–water partition coefficient (Wildman–Crippen LogP) is 3.13. The van der Waals surface area contributed by atoms with Crippen LogP contribution in [0, 0.1) is 18.7 Å². The molecule has 0 spiro atoms. The van der Waals surface area contributed by atoms with Crippen LogP contribution in [-0.4, -0.2) is 50.1 Å². The van der Waals surface area contributed by atoms with Crippen LogP contribution < -0.4 is 20.9 Å². The molecule has 2 heterocycles. The van der Waals surface area contributed by atoms with Gasteiger partial charge < -0.3 is 29.3 Å². The van der Waals surface area contributed by atoms with Gasteiger partial charge in [0.25, 0.3) is 17.8 Å². The van der Waals surface area contributed by atoms with Gasteiger partial charge in [-0.15, -0.1) is 10.2 Å². The number of amides is 2. The van der Waals surface area contributed by atoms with Crippen molar-refractivity contribution in [2.24, 2.45) is 13.0 Å². The number of aromatic nitrogens is 4. The summed E-state index contributed by atoms with van der Waals surface area (Å²) in [6.45, 7) is 11.2. The third-order valence-corrected chi connectivity index (χ3v) is 5.86. The van der Waals surface area contributed by atoms with Crippen LogP contribution in [0.2, 0.25) is 0 Å². The predicted molar refractivity (Wildman–Crippen MR) is 149 cm³/mol. The first-order valence-electron chi connectivity index (χ1n) is 13.4. The highest BCUT2D eigenvalue weighted by molar-refractivity contribution is 5.95. The van der Waals surface area contributed by atoms with Crippen molar-refractivity contribution in [1.29, 1.82) is 0 Å². The lowest BCUT2D eigenvalue weighted by Gasteiger charge is -2.28. The number of carbonyl (C=O) groups is 3. The lowest BCUT2D eigenvalue weighted by Crippen LogP contribution is -2.46. The fourth-order valence-electron chi connectivity index (χ4n) is 3.78. The summed E-state index contributed by atoms with van der Waals surface area (Å²) in [5.41, 5.74) is -2.03. The van der Waals surface area contributed by atoms with Crippen molar-refractivity contribution >= 4 is 18.0 Å². The van der Waals surface area contributed by atoms with Crippen LogP contribution in [0.25, 0.3) is 0 Å². The van der Waals surface area contributed by atoms with Gasteiger partial charge in [0.15, 0.2) is 5.69 Å². The van der Waals surface area contributed by atoms with Gasteiger partial charge in [-0.25, -0.2) is 14.2 Å². The molecule has 0 aliphatic rings. The van der Waals surface area contributed by atoms with Gasteiger partial charge in [-0.2, -0.15) is 0 Å². The number of halogens is 1. The topological polar surface area (TPSA) is 177 Å². The molecular weight excluding hydrogens is 567 g/mol. The molecule has 14 nitrogen and oxygen atoms in total. The van der Waals surface area contributed by atoms with E-state index in [9.17, 15) is 23.6 Å². The standard InChI is InChI=1S/C28H35FN6O8/c1-14(2)25(43-27(39)40-15(3)4)42-20-19(21(36)30-13-17-9-11-18(29)12-10-17)31-26(35(8)24(20)38)28(6,7)32-22(37)23-34-33-16(5)41-23/h9-12,14-15,25H,13H2,1-8H3,(H,30,36)(H,32,37). The Kier molecular flexibility index (Phi) is 10.2. The van der Waals surface area contributed by atoms with E-state index in [1.807, 2.05) is 0 Å². The molecule has 232 valence electrons. The number of aryl methyl sites for hydroxylation is 1. The van der Waals surface area contributed by atoms with Gasteiger partial charge in [-0.05, 0) is 45.4 Å². The monoisotopic (exact) mass is 602 g/mol. The van der Waals surface area contributed by atoms with Crippen LogP contribution in [0.15, 0.2) is 33.5 Å². The third-order valence-electron chi connectivity index (χ3n) is 5.86. The van der Waals surface area contributed by atoms with Crippen molar-refractivity contribution in [3.63, 3.8) is 0 Å². The Morgan fingerprint density at radius 2 is 1.70 bits per heavy atom. The molecule has 0 saturated carbocycles. The lowest BCUT2D eigenvalue weighted by molar-refractivity contribution is -0.0944. The highest BCUT2D eigenvalue weighted by Crippen LogP contribution is 2.23. The number of carbonyl (C=O) groups excluding carboxylic acids is 3. The summed E-state index contributed by atoms with van der Waals surface area (Å²) >= 11 is 0. The number of benzene rings is 1. The second-order valence-electron chi connectivity index (χ2n) is 10.8. The smallest absolute Gasteiger partial charge is 0.446 e. The first-order chi connectivity index (χ1) is 20.1. The molecule has 0 fully saturated rings. The molecule has 3 rings (SSSR count). The zero-order chi connectivity index (χ0) is 32.1. The van der Waals surface area contributed by atoms with E-state index in [0.29, 0.717) is 5.56 Å². The molecule has 0 saturated heterocycles. The normalized spacial score (nSPS) is 12.2. The first kappa shape index (κ1) is 32.7. The van der Waals surface area contributed by atoms with Crippen molar-refractivity contribution in [2.45, 2.75) is 72.9 Å². The Morgan fingerprint density at radius 1 is 1.05 bits per heavy atom. The minimum atomic E-state index is -1.35. The lowest BCUT2D eigenvalue weighted by atomic mass is 10.0. The van der Waals surface area contributed by atoms with E-state index in [0.717, 1.165) is 4.57 Å². The molecule has 1 unspecified atom stereocenters. The minimum Gasteiger partial charge on any atom is -0.446 e. The van der Waals surface area contributed by atoms with Gasteiger partial charge >= 0.3 is 18.0 Å². The Balaban J connectivity index is 2.04. The van der Waals surface area contributed by atoms with E-state index >= 15 is 0 Å². The van der Waals surface area contributed by atoms with Gasteiger partial charge in [-0.3, -0.25) is 19.0 Å². The number of hydrogen-bond acceptors (Lipinski definition) is 11. The highest BCUT2D eigenvalue weighted by atomic mass is 19.1. The zero-order valence-electron chi connectivity index (χ0n) is 25.2. The number of nitrogens with one attached hydrogen (secondary N) is 2. The molecule has 1 aromatic carbocycles. The maximum atomic E-state index is 13.7. The van der Waals surface area contributed by atoms with Crippen LogP contribution in [0.3, 0.4) is 0 Å². The molecule has 0 aliphatic heterocycles. The number of hydrogen-bond donors (Lipinski definition) is 2. The van der Waals surface area contributed by atoms with Crippen molar-refractivity contribution in [3.8, 4) is 5.75 Å². The second kappa shape index (κ2) is 13.4. The van der Waals surface area contributed by atoms with Crippen molar-refractivity contribution in [2.75, 3.05) is 0 Å². The second-order valence-corrected chi connectivity index (χ2v) is 10.8. The van der Waals surface area contributed by atoms with E-state index in [4.69, 9.17) is 18.6 Å².